The lowest BCUT2D eigenvalue weighted by atomic mass is 9.70. The number of nitrogens with two attached hydrogens (primary N) is 1. The quantitative estimate of drug-likeness (QED) is 0.378. The number of para-hydroxylation sites is 1. The molecule has 0 aliphatic heterocycles. The molecule has 3 atom stereocenters. The van der Waals surface area contributed by atoms with E-state index in [2.05, 4.69) is 10.3 Å². The van der Waals surface area contributed by atoms with E-state index >= 15 is 0 Å². The van der Waals surface area contributed by atoms with Gasteiger partial charge in [-0.2, -0.15) is 0 Å². The maximum absolute atomic E-state index is 13.8. The van der Waals surface area contributed by atoms with Crippen molar-refractivity contribution in [3.05, 3.63) is 95.2 Å². The molecule has 3 aromatic rings. The Labute approximate surface area is 214 Å². The van der Waals surface area contributed by atoms with Gasteiger partial charge in [-0.15, -0.1) is 0 Å². The first-order valence-electron chi connectivity index (χ1n) is 11.7. The molecule has 2 aromatic carbocycles. The monoisotopic (exact) mass is 505 g/mol. The number of Topliss-reactive ketones (excluding diaryl/α,β-unsaturated/α-hetero) is 1. The van der Waals surface area contributed by atoms with Crippen molar-refractivity contribution in [2.24, 2.45) is 11.1 Å². The number of rotatable bonds is 9. The predicted molar refractivity (Wildman–Crippen MR) is 140 cm³/mol. The number of hydrogen-bond acceptors (Lipinski definition) is 5. The Morgan fingerprint density at radius 2 is 1.89 bits per heavy atom. The number of allylic oxidation sites excluding steroid dienone is 4. The van der Waals surface area contributed by atoms with Crippen LogP contribution in [0.2, 0.25) is 5.02 Å². The lowest BCUT2D eigenvalue weighted by Gasteiger charge is -2.34. The molecule has 4 N–H and O–H groups in total. The maximum atomic E-state index is 13.8. The topological polar surface area (TPSA) is 114 Å². The van der Waals surface area contributed by atoms with Gasteiger partial charge < -0.3 is 20.8 Å². The van der Waals surface area contributed by atoms with Crippen molar-refractivity contribution in [3.63, 3.8) is 0 Å². The molecular formula is C28H28ClN3O4. The van der Waals surface area contributed by atoms with Crippen molar-refractivity contribution < 1.29 is 19.1 Å². The zero-order valence-electron chi connectivity index (χ0n) is 19.9. The molecule has 36 heavy (non-hydrogen) atoms. The van der Waals surface area contributed by atoms with Crippen molar-refractivity contribution in [1.82, 2.24) is 10.3 Å². The molecule has 7 nitrogen and oxygen atoms in total. The van der Waals surface area contributed by atoms with Crippen molar-refractivity contribution in [2.75, 3.05) is 7.11 Å². The Hall–Kier alpha value is -3.68. The molecule has 186 valence electrons. The van der Waals surface area contributed by atoms with Crippen molar-refractivity contribution in [1.29, 1.82) is 0 Å². The molecule has 1 amide bonds. The first-order chi connectivity index (χ1) is 17.3. The molecule has 1 aliphatic rings. The normalized spacial score (nSPS) is 18.5. The van der Waals surface area contributed by atoms with Crippen LogP contribution in [0.4, 0.5) is 0 Å². The molecule has 4 rings (SSSR count). The number of aromatic amines is 1. The van der Waals surface area contributed by atoms with Gasteiger partial charge >= 0.3 is 5.97 Å². The van der Waals surface area contributed by atoms with E-state index in [0.29, 0.717) is 23.4 Å². The van der Waals surface area contributed by atoms with Gasteiger partial charge in [0.25, 0.3) is 5.91 Å². The number of fused-ring (bicyclic) bond motifs is 1. The van der Waals surface area contributed by atoms with E-state index in [1.165, 1.54) is 7.11 Å². The number of carbonyl (C=O) groups excluding carboxylic acids is 3. The SMILES string of the molecule is COC(=O)[C@@H](CC1(C(=O)[C@@H](N)Cc2c[nH]c3ccccc23)C=CC=CC1)NC(=O)c1ccc(Cl)cc1. The summed E-state index contributed by atoms with van der Waals surface area (Å²) in [5, 5.41) is 4.23. The second-order valence-corrected chi connectivity index (χ2v) is 9.38. The van der Waals surface area contributed by atoms with E-state index < -0.39 is 29.4 Å². The molecule has 0 radical (unpaired) electrons. The lowest BCUT2D eigenvalue weighted by molar-refractivity contribution is -0.144. The van der Waals surface area contributed by atoms with Crippen LogP contribution in [0.15, 0.2) is 79.0 Å². The molecule has 0 saturated carbocycles. The molecule has 8 heteroatoms. The van der Waals surface area contributed by atoms with Gasteiger partial charge in [0.2, 0.25) is 0 Å². The van der Waals surface area contributed by atoms with Gasteiger partial charge in [0.15, 0.2) is 5.78 Å². The molecule has 1 aliphatic carbocycles. The minimum atomic E-state index is -1.08. The number of amides is 1. The van der Waals surface area contributed by atoms with Gasteiger partial charge in [-0.05, 0) is 55.2 Å². The summed E-state index contributed by atoms with van der Waals surface area (Å²) in [6, 6.07) is 12.3. The van der Waals surface area contributed by atoms with E-state index in [-0.39, 0.29) is 12.2 Å². The molecule has 1 aromatic heterocycles. The minimum absolute atomic E-state index is 0.0141. The fourth-order valence-electron chi connectivity index (χ4n) is 4.64. The van der Waals surface area contributed by atoms with Crippen LogP contribution >= 0.6 is 11.6 Å². The Bertz CT molecular complexity index is 1330. The Balaban J connectivity index is 1.57. The molecule has 0 bridgehead atoms. The van der Waals surface area contributed by atoms with Crippen LogP contribution in [0.25, 0.3) is 10.9 Å². The number of ketones is 1. The second-order valence-electron chi connectivity index (χ2n) is 8.94. The third kappa shape index (κ3) is 5.42. The minimum Gasteiger partial charge on any atom is -0.467 e. The molecule has 0 spiro atoms. The Morgan fingerprint density at radius 1 is 1.14 bits per heavy atom. The third-order valence-corrected chi connectivity index (χ3v) is 6.80. The summed E-state index contributed by atoms with van der Waals surface area (Å²) in [7, 11) is 1.25. The van der Waals surface area contributed by atoms with E-state index in [1.807, 2.05) is 42.6 Å². The summed E-state index contributed by atoms with van der Waals surface area (Å²) in [6.07, 6.45) is 9.83. The Morgan fingerprint density at radius 3 is 2.58 bits per heavy atom. The summed E-state index contributed by atoms with van der Waals surface area (Å²) in [5.74, 6) is -1.32. The fourth-order valence-corrected chi connectivity index (χ4v) is 4.77. The van der Waals surface area contributed by atoms with E-state index in [1.54, 1.807) is 36.4 Å². The number of carbonyl (C=O) groups is 3. The van der Waals surface area contributed by atoms with Crippen LogP contribution in [-0.2, 0) is 20.7 Å². The predicted octanol–water partition coefficient (Wildman–Crippen LogP) is 4.12. The van der Waals surface area contributed by atoms with Crippen molar-refractivity contribution in [2.45, 2.75) is 31.3 Å². The summed E-state index contributed by atoms with van der Waals surface area (Å²) in [4.78, 5) is 42.6. The molecular weight excluding hydrogens is 478 g/mol. The molecule has 0 saturated heterocycles. The van der Waals surface area contributed by atoms with Crippen LogP contribution in [-0.4, -0.2) is 41.8 Å². The smallest absolute Gasteiger partial charge is 0.328 e. The highest BCUT2D eigenvalue weighted by Crippen LogP contribution is 2.36. The zero-order chi connectivity index (χ0) is 25.7. The van der Waals surface area contributed by atoms with Crippen LogP contribution in [0.3, 0.4) is 0 Å². The third-order valence-electron chi connectivity index (χ3n) is 6.55. The van der Waals surface area contributed by atoms with Crippen LogP contribution in [0.1, 0.15) is 28.8 Å². The number of hydrogen-bond donors (Lipinski definition) is 3. The number of halogens is 1. The maximum Gasteiger partial charge on any atom is 0.328 e. The van der Waals surface area contributed by atoms with Gasteiger partial charge in [-0.1, -0.05) is 54.1 Å². The summed E-state index contributed by atoms with van der Waals surface area (Å²) < 4.78 is 4.96. The number of nitrogens with one attached hydrogen (secondary N) is 2. The van der Waals surface area contributed by atoms with Gasteiger partial charge in [0, 0.05) is 27.7 Å². The molecule has 1 unspecified atom stereocenters. The summed E-state index contributed by atoms with van der Waals surface area (Å²) >= 11 is 5.92. The molecule has 1 heterocycles. The average molecular weight is 506 g/mol. The first kappa shape index (κ1) is 25.4. The fraction of sp³-hybridized carbons (Fsp3) is 0.250. The first-order valence-corrected chi connectivity index (χ1v) is 12.0. The van der Waals surface area contributed by atoms with Crippen LogP contribution < -0.4 is 11.1 Å². The number of aromatic nitrogens is 1. The van der Waals surface area contributed by atoms with E-state index in [0.717, 1.165) is 16.5 Å². The number of methoxy groups -OCH3 is 1. The standard InChI is InChI=1S/C28H28ClN3O4/c1-36-27(35)24(32-26(34)18-9-11-20(29)12-10-18)16-28(13-5-2-6-14-28)25(33)22(30)15-19-17-31-23-8-4-3-7-21(19)23/h2-13,17,22,24,31H,14-16,30H2,1H3,(H,32,34)/t22-,24+,28?/m0/s1. The van der Waals surface area contributed by atoms with E-state index in [4.69, 9.17) is 22.1 Å². The Kier molecular flexibility index (Phi) is 7.72. The van der Waals surface area contributed by atoms with E-state index in [9.17, 15) is 14.4 Å². The van der Waals surface area contributed by atoms with Crippen molar-refractivity contribution in [3.8, 4) is 0 Å². The largest absolute Gasteiger partial charge is 0.467 e. The highest BCUT2D eigenvalue weighted by molar-refractivity contribution is 6.30. The average Bonchev–Trinajstić information content (AvgIpc) is 3.30. The number of benzene rings is 2. The zero-order valence-corrected chi connectivity index (χ0v) is 20.6. The van der Waals surface area contributed by atoms with Gasteiger partial charge in [-0.3, -0.25) is 9.59 Å². The number of ether oxygens (including phenoxy) is 1. The number of H-pyrrole nitrogens is 1. The van der Waals surface area contributed by atoms with Crippen LogP contribution in [0.5, 0.6) is 0 Å². The van der Waals surface area contributed by atoms with Crippen LogP contribution in [0, 0.1) is 5.41 Å². The molecule has 0 fully saturated rings. The van der Waals surface area contributed by atoms with Gasteiger partial charge in [0.1, 0.15) is 6.04 Å². The highest BCUT2D eigenvalue weighted by Gasteiger charge is 2.43. The van der Waals surface area contributed by atoms with Gasteiger partial charge in [-0.25, -0.2) is 4.79 Å². The lowest BCUT2D eigenvalue weighted by Crippen LogP contribution is -2.50. The van der Waals surface area contributed by atoms with Crippen molar-refractivity contribution >= 4 is 40.2 Å². The second kappa shape index (κ2) is 10.9. The summed E-state index contributed by atoms with van der Waals surface area (Å²) in [5.41, 5.74) is 7.64. The highest BCUT2D eigenvalue weighted by atomic mass is 35.5. The van der Waals surface area contributed by atoms with Gasteiger partial charge in [0.05, 0.1) is 18.6 Å². The number of esters is 1. The summed E-state index contributed by atoms with van der Waals surface area (Å²) in [6.45, 7) is 0.